The van der Waals surface area contributed by atoms with Crippen molar-refractivity contribution in [1.29, 1.82) is 0 Å². The summed E-state index contributed by atoms with van der Waals surface area (Å²) in [5.74, 6) is 0.596. The molecule has 3 aliphatic heterocycles. The Hall–Kier alpha value is -3.01. The van der Waals surface area contributed by atoms with Crippen LogP contribution in [-0.4, -0.2) is 33.9 Å². The van der Waals surface area contributed by atoms with E-state index >= 15 is 4.79 Å². The maximum absolute atomic E-state index is 15.3. The molecule has 184 valence electrons. The van der Waals surface area contributed by atoms with Gasteiger partial charge in [-0.3, -0.25) is 4.79 Å². The molecule has 36 heavy (non-hydrogen) atoms. The van der Waals surface area contributed by atoms with Gasteiger partial charge in [0.25, 0.3) is 0 Å². The van der Waals surface area contributed by atoms with Gasteiger partial charge in [0.2, 0.25) is 0 Å². The number of nitrogens with zero attached hydrogens (tertiary/aromatic N) is 2. The van der Waals surface area contributed by atoms with E-state index in [1.165, 1.54) is 22.3 Å². The highest BCUT2D eigenvalue weighted by Crippen LogP contribution is 2.62. The van der Waals surface area contributed by atoms with Gasteiger partial charge in [0.1, 0.15) is 5.54 Å². The average Bonchev–Trinajstić information content (AvgIpc) is 3.46. The molecule has 0 N–H and O–H groups in total. The minimum Gasteiger partial charge on any atom is -0.296 e. The van der Waals surface area contributed by atoms with Crippen molar-refractivity contribution in [3.8, 4) is 0 Å². The molecule has 3 nitrogen and oxygen atoms in total. The normalized spacial score (nSPS) is 28.4. The standard InChI is InChI=1S/C33H36N2O/c1-22(2)28-27-20-21-34-31(26-18-12-7-13-19-26)29(24-14-8-5-9-15-24)32(36)33(23(3)4,35(27)34)30(28)25-16-10-6-11-17-25/h5-19,22-23,27,29,31H,20-21H2,1-4H3/t27-,29-,31-,33-/m1/s1. The molecule has 0 radical (unpaired) electrons. The predicted molar refractivity (Wildman–Crippen MR) is 146 cm³/mol. The second-order valence-electron chi connectivity index (χ2n) is 11.2. The summed E-state index contributed by atoms with van der Waals surface area (Å²) >= 11 is 0. The highest BCUT2D eigenvalue weighted by atomic mass is 16.1. The summed E-state index contributed by atoms with van der Waals surface area (Å²) < 4.78 is 0. The van der Waals surface area contributed by atoms with Gasteiger partial charge in [0, 0.05) is 12.6 Å². The van der Waals surface area contributed by atoms with Crippen molar-refractivity contribution < 1.29 is 4.79 Å². The lowest BCUT2D eigenvalue weighted by Crippen LogP contribution is -2.68. The first-order chi connectivity index (χ1) is 17.5. The summed E-state index contributed by atoms with van der Waals surface area (Å²) in [6, 6.07) is 32.2. The second kappa shape index (κ2) is 8.83. The van der Waals surface area contributed by atoms with E-state index < -0.39 is 5.54 Å². The van der Waals surface area contributed by atoms with Crippen LogP contribution in [-0.2, 0) is 4.79 Å². The number of carbonyl (C=O) groups excluding carboxylic acids is 1. The van der Waals surface area contributed by atoms with E-state index in [0.717, 1.165) is 18.5 Å². The second-order valence-corrected chi connectivity index (χ2v) is 11.2. The molecule has 0 aromatic heterocycles. The van der Waals surface area contributed by atoms with Crippen molar-refractivity contribution in [1.82, 2.24) is 10.0 Å². The van der Waals surface area contributed by atoms with Crippen molar-refractivity contribution in [3.05, 3.63) is 113 Å². The largest absolute Gasteiger partial charge is 0.296 e. The first-order valence-electron chi connectivity index (χ1n) is 13.5. The summed E-state index contributed by atoms with van der Waals surface area (Å²) in [4.78, 5) is 15.3. The molecule has 3 heteroatoms. The number of hydrogen-bond donors (Lipinski definition) is 0. The van der Waals surface area contributed by atoms with E-state index in [0.29, 0.717) is 11.7 Å². The van der Waals surface area contributed by atoms with Gasteiger partial charge >= 0.3 is 0 Å². The number of ketones is 1. The molecule has 2 saturated heterocycles. The third-order valence-electron chi connectivity index (χ3n) is 8.71. The number of carbonyl (C=O) groups is 1. The van der Waals surface area contributed by atoms with E-state index in [1.807, 2.05) is 6.07 Å². The van der Waals surface area contributed by atoms with Gasteiger partial charge in [-0.15, -0.1) is 0 Å². The summed E-state index contributed by atoms with van der Waals surface area (Å²) in [7, 11) is 0. The monoisotopic (exact) mass is 476 g/mol. The van der Waals surface area contributed by atoms with E-state index in [9.17, 15) is 0 Å². The minimum absolute atomic E-state index is 0.0125. The summed E-state index contributed by atoms with van der Waals surface area (Å²) in [5.41, 5.74) is 5.56. The van der Waals surface area contributed by atoms with Crippen LogP contribution in [0.25, 0.3) is 5.57 Å². The van der Waals surface area contributed by atoms with Gasteiger partial charge in [-0.2, -0.15) is 0 Å². The molecule has 0 amide bonds. The fourth-order valence-electron chi connectivity index (χ4n) is 7.47. The number of rotatable bonds is 5. The lowest BCUT2D eigenvalue weighted by molar-refractivity contribution is -0.170. The molecule has 4 atom stereocenters. The van der Waals surface area contributed by atoms with Gasteiger partial charge in [-0.25, -0.2) is 10.0 Å². The Balaban J connectivity index is 1.66. The first kappa shape index (κ1) is 23.4. The minimum atomic E-state index is -0.687. The molecular weight excluding hydrogens is 440 g/mol. The van der Waals surface area contributed by atoms with Crippen LogP contribution in [0.15, 0.2) is 96.6 Å². The Labute approximate surface area is 215 Å². The Morgan fingerprint density at radius 2 is 1.33 bits per heavy atom. The maximum Gasteiger partial charge on any atom is 0.168 e. The Morgan fingerprint density at radius 3 is 1.89 bits per heavy atom. The highest BCUT2D eigenvalue weighted by molar-refractivity contribution is 6.09. The molecule has 3 heterocycles. The lowest BCUT2D eigenvalue weighted by atomic mass is 9.65. The van der Waals surface area contributed by atoms with Crippen LogP contribution in [0.3, 0.4) is 0 Å². The molecule has 0 aliphatic carbocycles. The molecule has 0 bridgehead atoms. The molecule has 2 fully saturated rings. The maximum atomic E-state index is 15.3. The SMILES string of the molecule is CC(C)C1=C(c2ccccc2)[C@]2(C(C)C)C(=O)[C@H](c3ccccc3)[C@@H](c3ccccc3)N3CC[C@H]1N32. The van der Waals surface area contributed by atoms with Crippen LogP contribution < -0.4 is 0 Å². The van der Waals surface area contributed by atoms with Gasteiger partial charge in [0.15, 0.2) is 5.78 Å². The van der Waals surface area contributed by atoms with Crippen LogP contribution in [0.4, 0.5) is 0 Å². The summed E-state index contributed by atoms with van der Waals surface area (Å²) in [6.45, 7) is 10.1. The molecular formula is C33H36N2O. The van der Waals surface area contributed by atoms with Crippen molar-refractivity contribution in [2.75, 3.05) is 6.54 Å². The Morgan fingerprint density at radius 1 is 0.778 bits per heavy atom. The Kier molecular flexibility index (Phi) is 5.74. The average molecular weight is 477 g/mol. The molecule has 3 aromatic rings. The van der Waals surface area contributed by atoms with Crippen LogP contribution in [0.2, 0.25) is 0 Å². The molecule has 0 saturated carbocycles. The van der Waals surface area contributed by atoms with Crippen molar-refractivity contribution >= 4 is 11.4 Å². The van der Waals surface area contributed by atoms with Gasteiger partial charge < -0.3 is 0 Å². The third-order valence-corrected chi connectivity index (χ3v) is 8.71. The fraction of sp³-hybridized carbons (Fsp3) is 0.364. The number of hydrazine groups is 1. The fourth-order valence-corrected chi connectivity index (χ4v) is 7.47. The highest BCUT2D eigenvalue weighted by Gasteiger charge is 2.68. The number of benzene rings is 3. The number of hydrogen-bond acceptors (Lipinski definition) is 3. The van der Waals surface area contributed by atoms with Gasteiger partial charge in [0.05, 0.1) is 12.0 Å². The molecule has 0 unspecified atom stereocenters. The van der Waals surface area contributed by atoms with E-state index in [1.54, 1.807) is 0 Å². The van der Waals surface area contributed by atoms with Crippen molar-refractivity contribution in [2.45, 2.75) is 57.7 Å². The zero-order valence-corrected chi connectivity index (χ0v) is 21.8. The van der Waals surface area contributed by atoms with E-state index in [-0.39, 0.29) is 23.9 Å². The summed E-state index contributed by atoms with van der Waals surface area (Å²) in [6.07, 6.45) is 1.05. The topological polar surface area (TPSA) is 23.6 Å². The van der Waals surface area contributed by atoms with Crippen LogP contribution in [0.5, 0.6) is 0 Å². The van der Waals surface area contributed by atoms with Gasteiger partial charge in [-0.1, -0.05) is 119 Å². The van der Waals surface area contributed by atoms with E-state index in [4.69, 9.17) is 0 Å². The van der Waals surface area contributed by atoms with Crippen LogP contribution >= 0.6 is 0 Å². The van der Waals surface area contributed by atoms with Crippen LogP contribution in [0.1, 0.15) is 62.8 Å². The van der Waals surface area contributed by atoms with Gasteiger partial charge in [-0.05, 0) is 46.1 Å². The molecule has 6 rings (SSSR count). The molecule has 0 spiro atoms. The van der Waals surface area contributed by atoms with Crippen molar-refractivity contribution in [2.24, 2.45) is 11.8 Å². The van der Waals surface area contributed by atoms with Crippen molar-refractivity contribution in [3.63, 3.8) is 0 Å². The van der Waals surface area contributed by atoms with Crippen LogP contribution in [0, 0.1) is 11.8 Å². The molecule has 3 aromatic carbocycles. The smallest absolute Gasteiger partial charge is 0.168 e. The first-order valence-corrected chi connectivity index (χ1v) is 13.5. The molecule has 3 aliphatic rings. The lowest BCUT2D eigenvalue weighted by Gasteiger charge is -2.56. The quantitative estimate of drug-likeness (QED) is 0.400. The Bertz CT molecular complexity index is 1280. The van der Waals surface area contributed by atoms with E-state index in [2.05, 4.69) is 123 Å². The summed E-state index contributed by atoms with van der Waals surface area (Å²) in [5, 5.41) is 5.13. The zero-order valence-electron chi connectivity index (χ0n) is 21.8. The number of Topliss-reactive ketones (excluding diaryl/α,β-unsaturated/α-hetero) is 1. The zero-order chi connectivity index (χ0) is 25.0. The predicted octanol–water partition coefficient (Wildman–Crippen LogP) is 6.90. The third kappa shape index (κ3) is 3.16.